The van der Waals surface area contributed by atoms with Crippen LogP contribution in [-0.2, 0) is 21.9 Å². The monoisotopic (exact) mass is 330 g/mol. The van der Waals surface area contributed by atoms with Crippen LogP contribution in [0.2, 0.25) is 0 Å². The molecule has 118 valence electrons. The van der Waals surface area contributed by atoms with Crippen molar-refractivity contribution in [2.45, 2.75) is 17.2 Å². The fraction of sp³-hybridized carbons (Fsp3) is 0.267. The molecule has 1 aliphatic carbocycles. The summed E-state index contributed by atoms with van der Waals surface area (Å²) in [5, 5.41) is 12.9. The summed E-state index contributed by atoms with van der Waals surface area (Å²) in [5.41, 5.74) is 1.15. The number of hydrogen-bond acceptors (Lipinski definition) is 5. The van der Waals surface area contributed by atoms with Crippen LogP contribution in [-0.4, -0.2) is 24.1 Å². The van der Waals surface area contributed by atoms with Gasteiger partial charge in [0.15, 0.2) is 0 Å². The summed E-state index contributed by atoms with van der Waals surface area (Å²) in [5.74, 6) is -0.890. The lowest BCUT2D eigenvalue weighted by atomic mass is 10.2. The third kappa shape index (κ3) is 3.10. The molecule has 0 unspecified atom stereocenters. The standard InChI is InChI=1S/C15H14N4O3S/c1-19-9-11(8-17-19)13-6-14(13)15(20)18-23(21,22)12-4-2-3-10(5-12)7-16/h2-5,8-9,13-14H,6H2,1H3,(H,18,20)/t13-,14+/m0/s1. The second-order valence-electron chi connectivity index (χ2n) is 5.51. The highest BCUT2D eigenvalue weighted by molar-refractivity contribution is 7.90. The molecule has 2 aromatic rings. The Morgan fingerprint density at radius 2 is 2.26 bits per heavy atom. The second kappa shape index (κ2) is 5.52. The summed E-state index contributed by atoms with van der Waals surface area (Å²) in [4.78, 5) is 12.1. The van der Waals surface area contributed by atoms with Crippen LogP contribution in [0.1, 0.15) is 23.5 Å². The van der Waals surface area contributed by atoms with Crippen molar-refractivity contribution in [3.05, 3.63) is 47.8 Å². The van der Waals surface area contributed by atoms with E-state index >= 15 is 0 Å². The number of rotatable bonds is 4. The Morgan fingerprint density at radius 3 is 2.91 bits per heavy atom. The number of carbonyl (C=O) groups is 1. The first-order chi connectivity index (χ1) is 10.9. The molecule has 0 bridgehead atoms. The summed E-state index contributed by atoms with van der Waals surface area (Å²) in [7, 11) is -2.18. The van der Waals surface area contributed by atoms with Gasteiger partial charge in [0.05, 0.1) is 22.7 Å². The van der Waals surface area contributed by atoms with Gasteiger partial charge in [-0.3, -0.25) is 9.48 Å². The van der Waals surface area contributed by atoms with Crippen LogP contribution in [0.3, 0.4) is 0 Å². The van der Waals surface area contributed by atoms with Crippen LogP contribution < -0.4 is 4.72 Å². The van der Waals surface area contributed by atoms with Crippen molar-refractivity contribution < 1.29 is 13.2 Å². The molecule has 1 heterocycles. The van der Waals surface area contributed by atoms with Gasteiger partial charge >= 0.3 is 0 Å². The van der Waals surface area contributed by atoms with E-state index in [1.165, 1.54) is 24.3 Å². The summed E-state index contributed by atoms with van der Waals surface area (Å²) in [6.45, 7) is 0. The van der Waals surface area contributed by atoms with E-state index in [4.69, 9.17) is 5.26 Å². The van der Waals surface area contributed by atoms with Crippen LogP contribution in [0.5, 0.6) is 0 Å². The molecule has 0 aliphatic heterocycles. The number of sulfonamides is 1. The van der Waals surface area contributed by atoms with Crippen LogP contribution in [0.25, 0.3) is 0 Å². The van der Waals surface area contributed by atoms with Crippen molar-refractivity contribution >= 4 is 15.9 Å². The normalized spacial score (nSPS) is 19.8. The van der Waals surface area contributed by atoms with Gasteiger partial charge in [0, 0.05) is 19.2 Å². The van der Waals surface area contributed by atoms with Crippen molar-refractivity contribution in [3.8, 4) is 6.07 Å². The van der Waals surface area contributed by atoms with Gasteiger partial charge in [-0.1, -0.05) is 6.07 Å². The molecule has 3 rings (SSSR count). The first-order valence-electron chi connectivity index (χ1n) is 6.96. The highest BCUT2D eigenvalue weighted by Gasteiger charge is 2.45. The summed E-state index contributed by atoms with van der Waals surface area (Å²) < 4.78 is 28.2. The summed E-state index contributed by atoms with van der Waals surface area (Å²) in [6.07, 6.45) is 4.11. The number of hydrogen-bond donors (Lipinski definition) is 1. The van der Waals surface area contributed by atoms with Gasteiger partial charge in [-0.25, -0.2) is 13.1 Å². The average molecular weight is 330 g/mol. The Labute approximate surface area is 133 Å². The van der Waals surface area contributed by atoms with Gasteiger partial charge < -0.3 is 0 Å². The van der Waals surface area contributed by atoms with E-state index in [1.54, 1.807) is 17.9 Å². The van der Waals surface area contributed by atoms with E-state index in [0.717, 1.165) is 5.56 Å². The fourth-order valence-corrected chi connectivity index (χ4v) is 3.56. The van der Waals surface area contributed by atoms with Crippen LogP contribution >= 0.6 is 0 Å². The molecule has 1 fully saturated rings. The number of carbonyl (C=O) groups excluding carboxylic acids is 1. The highest BCUT2D eigenvalue weighted by atomic mass is 32.2. The Bertz CT molecular complexity index is 911. The largest absolute Gasteiger partial charge is 0.276 e. The van der Waals surface area contributed by atoms with E-state index in [1.807, 2.05) is 12.3 Å². The molecule has 7 nitrogen and oxygen atoms in total. The Hall–Kier alpha value is -2.66. The Morgan fingerprint density at radius 1 is 1.48 bits per heavy atom. The van der Waals surface area contributed by atoms with Crippen molar-refractivity contribution in [3.63, 3.8) is 0 Å². The van der Waals surface area contributed by atoms with Gasteiger partial charge in [0.25, 0.3) is 10.0 Å². The lowest BCUT2D eigenvalue weighted by Crippen LogP contribution is -2.32. The van der Waals surface area contributed by atoms with Crippen molar-refractivity contribution in [1.82, 2.24) is 14.5 Å². The molecule has 1 saturated carbocycles. The maximum Gasteiger partial charge on any atom is 0.264 e. The maximum absolute atomic E-state index is 12.2. The quantitative estimate of drug-likeness (QED) is 0.897. The number of nitrogens with one attached hydrogen (secondary N) is 1. The molecule has 0 spiro atoms. The number of nitrogens with zero attached hydrogens (tertiary/aromatic N) is 3. The lowest BCUT2D eigenvalue weighted by Gasteiger charge is -2.06. The zero-order valence-corrected chi connectivity index (χ0v) is 13.1. The smallest absolute Gasteiger partial charge is 0.264 e. The molecular formula is C15H14N4O3S. The molecule has 0 saturated heterocycles. The predicted molar refractivity (Wildman–Crippen MR) is 80.5 cm³/mol. The number of nitriles is 1. The van der Waals surface area contributed by atoms with Gasteiger partial charge in [-0.05, 0) is 36.1 Å². The van der Waals surface area contributed by atoms with Crippen LogP contribution in [0.15, 0.2) is 41.6 Å². The van der Waals surface area contributed by atoms with Crippen molar-refractivity contribution in [1.29, 1.82) is 5.26 Å². The summed E-state index contributed by atoms with van der Waals surface area (Å²) >= 11 is 0. The van der Waals surface area contributed by atoms with Gasteiger partial charge in [-0.2, -0.15) is 10.4 Å². The molecule has 0 radical (unpaired) electrons. The zero-order chi connectivity index (χ0) is 16.6. The minimum Gasteiger partial charge on any atom is -0.276 e. The fourth-order valence-electron chi connectivity index (χ4n) is 2.48. The molecule has 1 amide bonds. The molecular weight excluding hydrogens is 316 g/mol. The SMILES string of the molecule is Cn1cc([C@@H]2C[C@H]2C(=O)NS(=O)(=O)c2cccc(C#N)c2)cn1. The molecule has 23 heavy (non-hydrogen) atoms. The van der Waals surface area contributed by atoms with Crippen LogP contribution in [0.4, 0.5) is 0 Å². The van der Waals surface area contributed by atoms with Gasteiger partial charge in [-0.15, -0.1) is 0 Å². The zero-order valence-electron chi connectivity index (χ0n) is 12.3. The van der Waals surface area contributed by atoms with Gasteiger partial charge in [0.2, 0.25) is 5.91 Å². The first-order valence-corrected chi connectivity index (χ1v) is 8.44. The Balaban J connectivity index is 1.71. The molecule has 1 aromatic heterocycles. The van der Waals surface area contributed by atoms with Crippen LogP contribution in [0, 0.1) is 17.2 Å². The lowest BCUT2D eigenvalue weighted by molar-refractivity contribution is -0.120. The van der Waals surface area contributed by atoms with E-state index in [9.17, 15) is 13.2 Å². The number of amides is 1. The number of benzene rings is 1. The minimum atomic E-state index is -3.97. The van der Waals surface area contributed by atoms with Crippen molar-refractivity contribution in [2.24, 2.45) is 13.0 Å². The van der Waals surface area contributed by atoms with E-state index < -0.39 is 15.9 Å². The molecule has 2 atom stereocenters. The first kappa shape index (κ1) is 15.2. The molecule has 8 heteroatoms. The average Bonchev–Trinajstić information content (AvgIpc) is 3.22. The summed E-state index contributed by atoms with van der Waals surface area (Å²) in [6, 6.07) is 7.42. The van der Waals surface area contributed by atoms with E-state index in [-0.39, 0.29) is 22.3 Å². The molecule has 1 aliphatic rings. The third-order valence-corrected chi connectivity index (χ3v) is 5.13. The highest BCUT2D eigenvalue weighted by Crippen LogP contribution is 2.47. The topological polar surface area (TPSA) is 105 Å². The minimum absolute atomic E-state index is 0.00402. The molecule has 1 aromatic carbocycles. The number of aryl methyl sites for hydroxylation is 1. The van der Waals surface area contributed by atoms with Gasteiger partial charge in [0.1, 0.15) is 0 Å². The number of aromatic nitrogens is 2. The predicted octanol–water partition coefficient (Wildman–Crippen LogP) is 0.900. The molecule has 1 N–H and O–H groups in total. The van der Waals surface area contributed by atoms with Crippen molar-refractivity contribution in [2.75, 3.05) is 0 Å². The second-order valence-corrected chi connectivity index (χ2v) is 7.19. The van der Waals surface area contributed by atoms with E-state index in [2.05, 4.69) is 9.82 Å². The third-order valence-electron chi connectivity index (χ3n) is 3.79. The Kier molecular flexibility index (Phi) is 3.66. The maximum atomic E-state index is 12.2. The van der Waals surface area contributed by atoms with E-state index in [0.29, 0.717) is 6.42 Å².